The molecule has 106 valence electrons. The lowest BCUT2D eigenvalue weighted by molar-refractivity contribution is -0.890. The van der Waals surface area contributed by atoms with E-state index in [1.54, 1.807) is 19.3 Å². The van der Waals surface area contributed by atoms with Crippen LogP contribution < -0.4 is 0 Å². The van der Waals surface area contributed by atoms with E-state index in [1.165, 1.54) is 68.9 Å². The van der Waals surface area contributed by atoms with Crippen LogP contribution in [0.4, 0.5) is 0 Å². The van der Waals surface area contributed by atoms with E-state index in [9.17, 15) is 0 Å². The van der Waals surface area contributed by atoms with Crippen LogP contribution in [0, 0.1) is 11.8 Å². The van der Waals surface area contributed by atoms with Crippen LogP contribution in [-0.4, -0.2) is 31.7 Å². The second kappa shape index (κ2) is 6.93. The van der Waals surface area contributed by atoms with E-state index in [2.05, 4.69) is 14.1 Å². The van der Waals surface area contributed by atoms with E-state index in [0.717, 1.165) is 11.8 Å². The number of hydrogen-bond donors (Lipinski definition) is 0. The molecule has 2 unspecified atom stereocenters. The second-order valence-corrected chi connectivity index (χ2v) is 7.53. The molecule has 0 amide bonds. The first-order valence-corrected chi connectivity index (χ1v) is 8.49. The van der Waals surface area contributed by atoms with Gasteiger partial charge in [0.05, 0.1) is 27.2 Å². The van der Waals surface area contributed by atoms with Gasteiger partial charge in [-0.2, -0.15) is 0 Å². The Morgan fingerprint density at radius 2 is 1.00 bits per heavy atom. The van der Waals surface area contributed by atoms with Crippen molar-refractivity contribution in [2.45, 2.75) is 70.6 Å². The summed E-state index contributed by atoms with van der Waals surface area (Å²) >= 11 is 0. The number of quaternary nitrogens is 1. The Hall–Kier alpha value is -0.0400. The van der Waals surface area contributed by atoms with Crippen LogP contribution in [0.3, 0.4) is 0 Å². The van der Waals surface area contributed by atoms with Crippen LogP contribution in [0.1, 0.15) is 70.6 Å². The van der Waals surface area contributed by atoms with Gasteiger partial charge in [0.25, 0.3) is 0 Å². The molecule has 1 heteroatoms. The first kappa shape index (κ1) is 14.4. The third kappa shape index (κ3) is 4.57. The van der Waals surface area contributed by atoms with Crippen molar-refractivity contribution in [3.63, 3.8) is 0 Å². The molecule has 1 saturated heterocycles. The molecule has 0 N–H and O–H groups in total. The minimum absolute atomic E-state index is 1.11. The number of rotatable bonds is 0. The average molecular weight is 252 g/mol. The maximum absolute atomic E-state index is 2.43. The molecule has 2 aliphatic rings. The van der Waals surface area contributed by atoms with Crippen molar-refractivity contribution >= 4 is 0 Å². The molecule has 0 aromatic carbocycles. The van der Waals surface area contributed by atoms with Gasteiger partial charge in [0.2, 0.25) is 0 Å². The minimum atomic E-state index is 1.11. The highest BCUT2D eigenvalue weighted by Crippen LogP contribution is 2.41. The van der Waals surface area contributed by atoms with Gasteiger partial charge in [0.1, 0.15) is 0 Å². The Bertz CT molecular complexity index is 234. The Morgan fingerprint density at radius 3 is 1.61 bits per heavy atom. The Kier molecular flexibility index (Phi) is 5.54. The Balaban J connectivity index is 1.76. The number of hydrogen-bond acceptors (Lipinski definition) is 0. The molecular formula is C17H34N+. The van der Waals surface area contributed by atoms with Crippen LogP contribution in [0.15, 0.2) is 0 Å². The molecule has 1 heterocycles. The zero-order valence-electron chi connectivity index (χ0n) is 12.8. The van der Waals surface area contributed by atoms with Gasteiger partial charge >= 0.3 is 0 Å². The van der Waals surface area contributed by atoms with Crippen molar-refractivity contribution in [1.82, 2.24) is 0 Å². The molecule has 2 rings (SSSR count). The molecule has 0 aromatic rings. The fourth-order valence-corrected chi connectivity index (χ4v) is 3.93. The fraction of sp³-hybridized carbons (Fsp3) is 1.00. The maximum atomic E-state index is 2.43. The highest BCUT2D eigenvalue weighted by atomic mass is 15.3. The predicted octanol–water partition coefficient (Wildman–Crippen LogP) is 4.61. The van der Waals surface area contributed by atoms with E-state index in [1.807, 2.05) is 0 Å². The van der Waals surface area contributed by atoms with Crippen molar-refractivity contribution in [3.8, 4) is 0 Å². The predicted molar refractivity (Wildman–Crippen MR) is 79.6 cm³/mol. The second-order valence-electron chi connectivity index (χ2n) is 7.53. The molecule has 1 saturated carbocycles. The summed E-state index contributed by atoms with van der Waals surface area (Å²) in [7, 11) is 4.86. The summed E-state index contributed by atoms with van der Waals surface area (Å²) in [5.41, 5.74) is 0. The fourth-order valence-electron chi connectivity index (χ4n) is 3.93. The molecule has 2 fully saturated rings. The van der Waals surface area contributed by atoms with Gasteiger partial charge < -0.3 is 4.48 Å². The lowest BCUT2D eigenvalue weighted by atomic mass is 9.69. The minimum Gasteiger partial charge on any atom is -0.328 e. The summed E-state index contributed by atoms with van der Waals surface area (Å²) in [6.45, 7) is 2.80. The first-order chi connectivity index (χ1) is 8.67. The lowest BCUT2D eigenvalue weighted by Crippen LogP contribution is -2.41. The molecule has 1 aliphatic carbocycles. The van der Waals surface area contributed by atoms with Gasteiger partial charge in [-0.1, -0.05) is 25.7 Å². The summed E-state index contributed by atoms with van der Waals surface area (Å²) < 4.78 is 1.26. The summed E-state index contributed by atoms with van der Waals surface area (Å²) in [5.74, 6) is 2.24. The van der Waals surface area contributed by atoms with Crippen LogP contribution in [-0.2, 0) is 0 Å². The molecule has 0 spiro atoms. The zero-order valence-corrected chi connectivity index (χ0v) is 12.8. The van der Waals surface area contributed by atoms with E-state index in [-0.39, 0.29) is 0 Å². The van der Waals surface area contributed by atoms with Crippen molar-refractivity contribution < 1.29 is 4.48 Å². The summed E-state index contributed by atoms with van der Waals surface area (Å²) in [4.78, 5) is 0. The Labute approximate surface area is 115 Å². The summed E-state index contributed by atoms with van der Waals surface area (Å²) in [6, 6.07) is 0. The molecule has 0 radical (unpaired) electrons. The van der Waals surface area contributed by atoms with Gasteiger partial charge in [-0.25, -0.2) is 0 Å². The quantitative estimate of drug-likeness (QED) is 0.552. The van der Waals surface area contributed by atoms with Crippen molar-refractivity contribution in [2.75, 3.05) is 27.2 Å². The maximum Gasteiger partial charge on any atom is 0.0782 e. The standard InChI is InChI=1S/C17H34N/c1-18(2)14-8-5-3-4-6-10-16-12-13-17(16)11-7-9-15-18/h16-17H,3-15H2,1-2H3/q+1. The van der Waals surface area contributed by atoms with Gasteiger partial charge in [0.15, 0.2) is 0 Å². The van der Waals surface area contributed by atoms with Crippen LogP contribution >= 0.6 is 0 Å². The Morgan fingerprint density at radius 1 is 0.556 bits per heavy atom. The SMILES string of the molecule is C[N+]1(C)CCCCCCCC2CCC2CCCC1. The zero-order chi connectivity index (χ0) is 12.8. The molecular weight excluding hydrogens is 218 g/mol. The highest BCUT2D eigenvalue weighted by Gasteiger charge is 2.29. The van der Waals surface area contributed by atoms with Gasteiger partial charge in [-0.15, -0.1) is 0 Å². The smallest absolute Gasteiger partial charge is 0.0782 e. The molecule has 0 bridgehead atoms. The molecule has 1 nitrogen and oxygen atoms in total. The largest absolute Gasteiger partial charge is 0.328 e. The summed E-state index contributed by atoms with van der Waals surface area (Å²) in [6.07, 6.45) is 16.5. The first-order valence-electron chi connectivity index (χ1n) is 8.49. The average Bonchev–Trinajstić information content (AvgIpc) is 2.29. The molecule has 0 aromatic heterocycles. The monoisotopic (exact) mass is 252 g/mol. The van der Waals surface area contributed by atoms with Crippen LogP contribution in [0.5, 0.6) is 0 Å². The lowest BCUT2D eigenvalue weighted by Gasteiger charge is -2.37. The highest BCUT2D eigenvalue weighted by molar-refractivity contribution is 4.80. The molecule has 2 atom stereocenters. The topological polar surface area (TPSA) is 0 Å². The van der Waals surface area contributed by atoms with E-state index < -0.39 is 0 Å². The third-order valence-corrected chi connectivity index (χ3v) is 5.50. The van der Waals surface area contributed by atoms with E-state index in [4.69, 9.17) is 0 Å². The van der Waals surface area contributed by atoms with E-state index >= 15 is 0 Å². The van der Waals surface area contributed by atoms with Crippen LogP contribution in [0.2, 0.25) is 0 Å². The van der Waals surface area contributed by atoms with Crippen molar-refractivity contribution in [3.05, 3.63) is 0 Å². The summed E-state index contributed by atoms with van der Waals surface area (Å²) in [5, 5.41) is 0. The normalized spacial score (nSPS) is 35.0. The molecule has 18 heavy (non-hydrogen) atoms. The van der Waals surface area contributed by atoms with Gasteiger partial charge in [-0.05, 0) is 56.8 Å². The molecule has 1 aliphatic heterocycles. The third-order valence-electron chi connectivity index (χ3n) is 5.50. The van der Waals surface area contributed by atoms with Gasteiger partial charge in [-0.3, -0.25) is 0 Å². The number of fused-ring (bicyclic) bond motifs is 1. The number of nitrogens with zero attached hydrogens (tertiary/aromatic N) is 1. The van der Waals surface area contributed by atoms with Crippen molar-refractivity contribution in [1.29, 1.82) is 0 Å². The van der Waals surface area contributed by atoms with Gasteiger partial charge in [0, 0.05) is 0 Å². The van der Waals surface area contributed by atoms with Crippen LogP contribution in [0.25, 0.3) is 0 Å². The van der Waals surface area contributed by atoms with E-state index in [0.29, 0.717) is 0 Å². The van der Waals surface area contributed by atoms with Crippen molar-refractivity contribution in [2.24, 2.45) is 11.8 Å².